The van der Waals surface area contributed by atoms with Gasteiger partial charge in [-0.2, -0.15) is 0 Å². The van der Waals surface area contributed by atoms with E-state index < -0.39 is 0 Å². The third-order valence-corrected chi connectivity index (χ3v) is 4.39. The first-order chi connectivity index (χ1) is 11.3. The van der Waals surface area contributed by atoms with E-state index in [1.807, 2.05) is 42.7 Å². The van der Waals surface area contributed by atoms with E-state index in [1.165, 1.54) is 16.3 Å². The van der Waals surface area contributed by atoms with E-state index in [-0.39, 0.29) is 0 Å². The summed E-state index contributed by atoms with van der Waals surface area (Å²) in [6.45, 7) is 0.615. The van der Waals surface area contributed by atoms with Gasteiger partial charge in [0.25, 0.3) is 0 Å². The highest BCUT2D eigenvalue weighted by molar-refractivity contribution is 7.80. The van der Waals surface area contributed by atoms with Gasteiger partial charge in [-0.05, 0) is 12.1 Å². The van der Waals surface area contributed by atoms with Crippen LogP contribution < -0.4 is 5.32 Å². The molecule has 0 aliphatic rings. The number of fused-ring (bicyclic) bond motifs is 3. The van der Waals surface area contributed by atoms with Gasteiger partial charge in [0.1, 0.15) is 4.99 Å². The predicted molar refractivity (Wildman–Crippen MR) is 98.5 cm³/mol. The maximum absolute atomic E-state index is 5.50. The van der Waals surface area contributed by atoms with Gasteiger partial charge in [0.2, 0.25) is 0 Å². The highest BCUT2D eigenvalue weighted by atomic mass is 32.1. The monoisotopic (exact) mass is 317 g/mol. The quantitative estimate of drug-likeness (QED) is 0.577. The average molecular weight is 317 g/mol. The maximum atomic E-state index is 5.50. The second-order valence-corrected chi connectivity index (χ2v) is 5.78. The summed E-state index contributed by atoms with van der Waals surface area (Å²) in [5.74, 6) is 0. The van der Waals surface area contributed by atoms with Gasteiger partial charge in [-0.1, -0.05) is 60.7 Å². The number of thiocarbonyl (C=S) groups is 1. The van der Waals surface area contributed by atoms with Crippen molar-refractivity contribution in [1.82, 2.24) is 14.9 Å². The third kappa shape index (κ3) is 2.47. The highest BCUT2D eigenvalue weighted by Gasteiger charge is 2.10. The standard InChI is InChI=1S/C19H15N3S/c23-19(14-6-2-1-3-7-14)21-13-22-17-9-5-4-8-15(17)16-10-11-20-12-18(16)22/h1-12H,13H2,(H,21,23). The zero-order chi connectivity index (χ0) is 15.6. The van der Waals surface area contributed by atoms with Crippen LogP contribution >= 0.6 is 12.2 Å². The van der Waals surface area contributed by atoms with Crippen LogP contribution in [0.5, 0.6) is 0 Å². The van der Waals surface area contributed by atoms with E-state index >= 15 is 0 Å². The van der Waals surface area contributed by atoms with Crippen LogP contribution in [0.1, 0.15) is 5.56 Å². The molecule has 112 valence electrons. The van der Waals surface area contributed by atoms with Gasteiger partial charge in [0.05, 0.1) is 23.9 Å². The van der Waals surface area contributed by atoms with E-state index in [2.05, 4.69) is 45.2 Å². The summed E-state index contributed by atoms with van der Waals surface area (Å²) < 4.78 is 2.22. The number of pyridine rings is 1. The van der Waals surface area contributed by atoms with E-state index in [4.69, 9.17) is 12.2 Å². The molecule has 0 fully saturated rings. The first-order valence-electron chi connectivity index (χ1n) is 7.49. The van der Waals surface area contributed by atoms with Crippen LogP contribution in [0.15, 0.2) is 73.1 Å². The number of nitrogens with one attached hydrogen (secondary N) is 1. The van der Waals surface area contributed by atoms with Gasteiger partial charge in [0, 0.05) is 22.5 Å². The number of aromatic nitrogens is 2. The molecular weight excluding hydrogens is 302 g/mol. The summed E-state index contributed by atoms with van der Waals surface area (Å²) in [6.07, 6.45) is 3.74. The molecule has 0 saturated heterocycles. The molecule has 2 aromatic heterocycles. The van der Waals surface area contributed by atoms with Gasteiger partial charge >= 0.3 is 0 Å². The van der Waals surface area contributed by atoms with Crippen molar-refractivity contribution < 1.29 is 0 Å². The molecule has 4 aromatic rings. The Hall–Kier alpha value is -2.72. The second kappa shape index (κ2) is 5.82. The summed E-state index contributed by atoms with van der Waals surface area (Å²) in [6, 6.07) is 20.5. The topological polar surface area (TPSA) is 29.9 Å². The molecular formula is C19H15N3S. The minimum absolute atomic E-state index is 0.615. The van der Waals surface area contributed by atoms with Gasteiger partial charge < -0.3 is 9.88 Å². The van der Waals surface area contributed by atoms with Gasteiger partial charge in [-0.15, -0.1) is 0 Å². The smallest absolute Gasteiger partial charge is 0.107 e. The number of hydrogen-bond donors (Lipinski definition) is 1. The third-order valence-electron chi connectivity index (χ3n) is 4.01. The van der Waals surface area contributed by atoms with Gasteiger partial charge in [-0.3, -0.25) is 4.98 Å². The van der Waals surface area contributed by atoms with Gasteiger partial charge in [-0.25, -0.2) is 0 Å². The molecule has 4 heteroatoms. The number of para-hydroxylation sites is 1. The Morgan fingerprint density at radius 3 is 2.52 bits per heavy atom. The van der Waals surface area contributed by atoms with Crippen molar-refractivity contribution in [2.45, 2.75) is 6.67 Å². The van der Waals surface area contributed by atoms with Crippen LogP contribution in [-0.2, 0) is 6.67 Å². The van der Waals surface area contributed by atoms with E-state index in [9.17, 15) is 0 Å². The first kappa shape index (κ1) is 13.9. The Balaban J connectivity index is 1.72. The summed E-state index contributed by atoms with van der Waals surface area (Å²) >= 11 is 5.50. The molecule has 0 aliphatic heterocycles. The fourth-order valence-corrected chi connectivity index (χ4v) is 3.11. The van der Waals surface area contributed by atoms with Crippen molar-refractivity contribution in [2.24, 2.45) is 0 Å². The lowest BCUT2D eigenvalue weighted by Gasteiger charge is -2.11. The fraction of sp³-hybridized carbons (Fsp3) is 0.0526. The molecule has 2 heterocycles. The number of rotatable bonds is 3. The lowest BCUT2D eigenvalue weighted by Crippen LogP contribution is -2.25. The maximum Gasteiger partial charge on any atom is 0.107 e. The lowest BCUT2D eigenvalue weighted by molar-refractivity contribution is 0.714. The normalized spacial score (nSPS) is 11.0. The second-order valence-electron chi connectivity index (χ2n) is 5.37. The highest BCUT2D eigenvalue weighted by Crippen LogP contribution is 2.27. The Kier molecular flexibility index (Phi) is 3.52. The number of nitrogens with zero attached hydrogens (tertiary/aromatic N) is 2. The SMILES string of the molecule is S=C(NCn1c2ccccc2c2ccncc21)c1ccccc1. The van der Waals surface area contributed by atoms with Crippen molar-refractivity contribution in [2.75, 3.05) is 0 Å². The molecule has 0 bridgehead atoms. The molecule has 2 aromatic carbocycles. The first-order valence-corrected chi connectivity index (χ1v) is 7.89. The summed E-state index contributed by atoms with van der Waals surface area (Å²) in [4.78, 5) is 5.02. The Labute approximate surface area is 139 Å². The molecule has 0 amide bonds. The molecule has 4 rings (SSSR count). The summed E-state index contributed by atoms with van der Waals surface area (Å²) in [5, 5.41) is 5.80. The van der Waals surface area contributed by atoms with Crippen molar-refractivity contribution in [1.29, 1.82) is 0 Å². The zero-order valence-corrected chi connectivity index (χ0v) is 13.3. The van der Waals surface area contributed by atoms with Crippen molar-refractivity contribution >= 4 is 39.0 Å². The average Bonchev–Trinajstić information content (AvgIpc) is 2.94. The molecule has 0 spiro atoms. The molecule has 0 saturated carbocycles. The molecule has 23 heavy (non-hydrogen) atoms. The molecule has 0 atom stereocenters. The van der Waals surface area contributed by atoms with E-state index in [0.29, 0.717) is 6.67 Å². The van der Waals surface area contributed by atoms with Crippen molar-refractivity contribution in [3.05, 3.63) is 78.6 Å². The molecule has 3 nitrogen and oxygen atoms in total. The van der Waals surface area contributed by atoms with Crippen molar-refractivity contribution in [3.63, 3.8) is 0 Å². The van der Waals surface area contributed by atoms with Crippen LogP contribution in [0.2, 0.25) is 0 Å². The van der Waals surface area contributed by atoms with E-state index in [0.717, 1.165) is 16.1 Å². The molecule has 0 aliphatic carbocycles. The Morgan fingerprint density at radius 2 is 1.65 bits per heavy atom. The number of benzene rings is 2. The van der Waals surface area contributed by atoms with Crippen LogP contribution in [0.25, 0.3) is 21.8 Å². The summed E-state index contributed by atoms with van der Waals surface area (Å²) in [5.41, 5.74) is 3.32. The van der Waals surface area contributed by atoms with Crippen LogP contribution in [0, 0.1) is 0 Å². The predicted octanol–water partition coefficient (Wildman–Crippen LogP) is 4.11. The molecule has 1 N–H and O–H groups in total. The minimum atomic E-state index is 0.615. The van der Waals surface area contributed by atoms with Crippen LogP contribution in [0.4, 0.5) is 0 Å². The Bertz CT molecular complexity index is 936. The van der Waals surface area contributed by atoms with E-state index in [1.54, 1.807) is 0 Å². The summed E-state index contributed by atoms with van der Waals surface area (Å²) in [7, 11) is 0. The lowest BCUT2D eigenvalue weighted by atomic mass is 10.2. The van der Waals surface area contributed by atoms with Crippen molar-refractivity contribution in [3.8, 4) is 0 Å². The minimum Gasteiger partial charge on any atom is -0.358 e. The zero-order valence-electron chi connectivity index (χ0n) is 12.4. The largest absolute Gasteiger partial charge is 0.358 e. The Morgan fingerprint density at radius 1 is 0.913 bits per heavy atom. The molecule has 0 unspecified atom stereocenters. The molecule has 0 radical (unpaired) electrons. The van der Waals surface area contributed by atoms with Crippen LogP contribution in [-0.4, -0.2) is 14.5 Å². The fourth-order valence-electron chi connectivity index (χ4n) is 2.91. The van der Waals surface area contributed by atoms with Gasteiger partial charge in [0.15, 0.2) is 0 Å². The van der Waals surface area contributed by atoms with Crippen LogP contribution in [0.3, 0.4) is 0 Å². The number of hydrogen-bond acceptors (Lipinski definition) is 2.